The molecule has 0 unspecified atom stereocenters. The predicted molar refractivity (Wildman–Crippen MR) is 85.3 cm³/mol. The number of nitrogens with one attached hydrogen (secondary N) is 1. The van der Waals surface area contributed by atoms with Crippen LogP contribution >= 0.6 is 11.6 Å². The minimum absolute atomic E-state index is 0.133. The van der Waals surface area contributed by atoms with Gasteiger partial charge in [-0.3, -0.25) is 4.79 Å². The Morgan fingerprint density at radius 3 is 2.86 bits per heavy atom. The van der Waals surface area contributed by atoms with Gasteiger partial charge in [0.05, 0.1) is 5.25 Å². The molecule has 3 rings (SSSR count). The molecule has 118 valence electrons. The number of aromatic nitrogens is 1. The van der Waals surface area contributed by atoms with Gasteiger partial charge in [-0.25, -0.2) is 13.6 Å². The zero-order valence-corrected chi connectivity index (χ0v) is 13.3. The molecule has 22 heavy (non-hydrogen) atoms. The van der Waals surface area contributed by atoms with Gasteiger partial charge in [-0.05, 0) is 37.1 Å². The minimum Gasteiger partial charge on any atom is -0.351 e. The van der Waals surface area contributed by atoms with E-state index in [1.807, 2.05) is 0 Å². The van der Waals surface area contributed by atoms with Crippen LogP contribution in [0.2, 0.25) is 5.02 Å². The number of primary sulfonamides is 1. The number of amides is 1. The van der Waals surface area contributed by atoms with E-state index < -0.39 is 15.3 Å². The van der Waals surface area contributed by atoms with Crippen LogP contribution in [0.4, 0.5) is 0 Å². The molecule has 1 atom stereocenters. The van der Waals surface area contributed by atoms with Crippen molar-refractivity contribution >= 4 is 38.4 Å². The molecular weight excluding hydrogens is 326 g/mol. The molecule has 8 heteroatoms. The number of sulfonamides is 1. The van der Waals surface area contributed by atoms with Crippen molar-refractivity contribution in [1.82, 2.24) is 9.88 Å². The van der Waals surface area contributed by atoms with Crippen LogP contribution in [0.1, 0.15) is 23.3 Å². The number of halogens is 1. The second-order valence-electron chi connectivity index (χ2n) is 5.52. The van der Waals surface area contributed by atoms with Gasteiger partial charge >= 0.3 is 0 Å². The third-order valence-corrected chi connectivity index (χ3v) is 5.49. The SMILES string of the molecule is NS(=O)(=O)[C@@H]1CCCN(C(=O)c2cc3cc(Cl)ccc3[nH]2)C1. The molecule has 2 heterocycles. The standard InChI is InChI=1S/C14H16ClN3O3S/c15-10-3-4-12-9(6-10)7-13(17-12)14(19)18-5-1-2-11(8-18)22(16,20)21/h3-4,6-7,11,17H,1-2,5,8H2,(H2,16,20,21)/t11-/m1/s1. The second-order valence-corrected chi connectivity index (χ2v) is 7.80. The van der Waals surface area contributed by atoms with E-state index in [1.165, 1.54) is 4.90 Å². The van der Waals surface area contributed by atoms with Gasteiger partial charge in [-0.15, -0.1) is 0 Å². The summed E-state index contributed by atoms with van der Waals surface area (Å²) in [5.41, 5.74) is 1.24. The molecular formula is C14H16ClN3O3S. The summed E-state index contributed by atoms with van der Waals surface area (Å²) in [6.45, 7) is 0.661. The van der Waals surface area contributed by atoms with Crippen molar-refractivity contribution < 1.29 is 13.2 Å². The molecule has 0 saturated carbocycles. The summed E-state index contributed by atoms with van der Waals surface area (Å²) in [6, 6.07) is 7.04. The number of rotatable bonds is 2. The van der Waals surface area contributed by atoms with Crippen molar-refractivity contribution in [2.24, 2.45) is 5.14 Å². The number of piperidine rings is 1. The summed E-state index contributed by atoms with van der Waals surface area (Å²) in [5, 5.41) is 5.95. The molecule has 0 spiro atoms. The summed E-state index contributed by atoms with van der Waals surface area (Å²) < 4.78 is 23.0. The number of carbonyl (C=O) groups is 1. The fourth-order valence-corrected chi connectivity index (χ4v) is 3.84. The lowest BCUT2D eigenvalue weighted by Crippen LogP contribution is -2.47. The van der Waals surface area contributed by atoms with Gasteiger partial charge in [0.2, 0.25) is 10.0 Å². The van der Waals surface area contributed by atoms with Gasteiger partial charge in [0.1, 0.15) is 5.69 Å². The summed E-state index contributed by atoms with van der Waals surface area (Å²) in [5.74, 6) is -0.222. The smallest absolute Gasteiger partial charge is 0.270 e. The first-order valence-corrected chi connectivity index (χ1v) is 8.92. The lowest BCUT2D eigenvalue weighted by molar-refractivity contribution is 0.0722. The van der Waals surface area contributed by atoms with Gasteiger partial charge in [-0.2, -0.15) is 0 Å². The Balaban J connectivity index is 1.85. The van der Waals surface area contributed by atoms with Crippen LogP contribution in [0.25, 0.3) is 10.9 Å². The third-order valence-electron chi connectivity index (χ3n) is 3.94. The van der Waals surface area contributed by atoms with Crippen LogP contribution < -0.4 is 5.14 Å². The Hall–Kier alpha value is -1.57. The monoisotopic (exact) mass is 341 g/mol. The Bertz CT molecular complexity index is 831. The maximum Gasteiger partial charge on any atom is 0.270 e. The summed E-state index contributed by atoms with van der Waals surface area (Å²) in [4.78, 5) is 17.1. The highest BCUT2D eigenvalue weighted by molar-refractivity contribution is 7.89. The lowest BCUT2D eigenvalue weighted by atomic mass is 10.1. The topological polar surface area (TPSA) is 96.3 Å². The molecule has 1 aliphatic heterocycles. The number of nitrogens with two attached hydrogens (primary N) is 1. The lowest BCUT2D eigenvalue weighted by Gasteiger charge is -2.31. The first-order chi connectivity index (χ1) is 10.3. The Morgan fingerprint density at radius 2 is 2.14 bits per heavy atom. The van der Waals surface area contributed by atoms with E-state index >= 15 is 0 Å². The first-order valence-electron chi connectivity index (χ1n) is 6.94. The molecule has 6 nitrogen and oxygen atoms in total. The van der Waals surface area contributed by atoms with Crippen LogP contribution in [-0.2, 0) is 10.0 Å². The number of fused-ring (bicyclic) bond motifs is 1. The van der Waals surface area contributed by atoms with Crippen LogP contribution in [0.15, 0.2) is 24.3 Å². The number of nitrogens with zero attached hydrogens (tertiary/aromatic N) is 1. The van der Waals surface area contributed by atoms with Gasteiger partial charge < -0.3 is 9.88 Å². The van der Waals surface area contributed by atoms with E-state index in [1.54, 1.807) is 24.3 Å². The van der Waals surface area contributed by atoms with E-state index in [2.05, 4.69) is 4.98 Å². The van der Waals surface area contributed by atoms with Crippen molar-refractivity contribution in [1.29, 1.82) is 0 Å². The fourth-order valence-electron chi connectivity index (χ4n) is 2.78. The molecule has 2 aromatic rings. The number of H-pyrrole nitrogens is 1. The van der Waals surface area contributed by atoms with Crippen molar-refractivity contribution in [3.8, 4) is 0 Å². The second kappa shape index (κ2) is 5.57. The van der Waals surface area contributed by atoms with Gasteiger partial charge in [0.25, 0.3) is 5.91 Å². The van der Waals surface area contributed by atoms with Crippen LogP contribution in [0, 0.1) is 0 Å². The highest BCUT2D eigenvalue weighted by Gasteiger charge is 2.31. The first kappa shape index (κ1) is 15.3. The number of benzene rings is 1. The fraction of sp³-hybridized carbons (Fsp3) is 0.357. The Morgan fingerprint density at radius 1 is 1.36 bits per heavy atom. The van der Waals surface area contributed by atoms with Gasteiger partial charge in [0, 0.05) is 29.0 Å². The van der Waals surface area contributed by atoms with Crippen molar-refractivity contribution in [2.45, 2.75) is 18.1 Å². The molecule has 1 aromatic carbocycles. The Kier molecular flexibility index (Phi) is 3.88. The number of carbonyl (C=O) groups excluding carboxylic acids is 1. The van der Waals surface area contributed by atoms with Crippen molar-refractivity contribution in [2.75, 3.05) is 13.1 Å². The van der Waals surface area contributed by atoms with E-state index in [-0.39, 0.29) is 12.5 Å². The van der Waals surface area contributed by atoms with E-state index in [9.17, 15) is 13.2 Å². The third kappa shape index (κ3) is 2.97. The molecule has 1 saturated heterocycles. The van der Waals surface area contributed by atoms with Crippen LogP contribution in [-0.4, -0.2) is 42.5 Å². The number of hydrogen-bond donors (Lipinski definition) is 2. The molecule has 1 amide bonds. The van der Waals surface area contributed by atoms with E-state index in [0.717, 1.165) is 10.9 Å². The minimum atomic E-state index is -3.63. The van der Waals surface area contributed by atoms with Crippen molar-refractivity contribution in [3.05, 3.63) is 35.0 Å². The van der Waals surface area contributed by atoms with Crippen LogP contribution in [0.5, 0.6) is 0 Å². The quantitative estimate of drug-likeness (QED) is 0.870. The maximum atomic E-state index is 12.6. The Labute approximate surface area is 133 Å². The van der Waals surface area contributed by atoms with Gasteiger partial charge in [0.15, 0.2) is 0 Å². The molecule has 0 aliphatic carbocycles. The molecule has 3 N–H and O–H groups in total. The number of aromatic amines is 1. The number of hydrogen-bond acceptors (Lipinski definition) is 3. The average Bonchev–Trinajstić information content (AvgIpc) is 2.88. The maximum absolute atomic E-state index is 12.6. The molecule has 1 aromatic heterocycles. The predicted octanol–water partition coefficient (Wildman–Crippen LogP) is 1.71. The largest absolute Gasteiger partial charge is 0.351 e. The van der Waals surface area contributed by atoms with Crippen LogP contribution in [0.3, 0.4) is 0 Å². The molecule has 1 fully saturated rings. The average molecular weight is 342 g/mol. The van der Waals surface area contributed by atoms with E-state index in [0.29, 0.717) is 30.1 Å². The molecule has 0 bridgehead atoms. The normalized spacial score (nSPS) is 19.5. The summed E-state index contributed by atoms with van der Waals surface area (Å²) in [6.07, 6.45) is 1.11. The highest BCUT2D eigenvalue weighted by atomic mass is 35.5. The number of likely N-dealkylation sites (tertiary alicyclic amines) is 1. The van der Waals surface area contributed by atoms with Crippen molar-refractivity contribution in [3.63, 3.8) is 0 Å². The van der Waals surface area contributed by atoms with E-state index in [4.69, 9.17) is 16.7 Å². The summed E-state index contributed by atoms with van der Waals surface area (Å²) >= 11 is 5.94. The highest BCUT2D eigenvalue weighted by Crippen LogP contribution is 2.22. The summed E-state index contributed by atoms with van der Waals surface area (Å²) in [7, 11) is -3.63. The zero-order valence-electron chi connectivity index (χ0n) is 11.8. The molecule has 0 radical (unpaired) electrons. The van der Waals surface area contributed by atoms with Gasteiger partial charge in [-0.1, -0.05) is 11.6 Å². The zero-order chi connectivity index (χ0) is 15.9. The molecule has 1 aliphatic rings.